The van der Waals surface area contributed by atoms with E-state index in [2.05, 4.69) is 12.2 Å². The summed E-state index contributed by atoms with van der Waals surface area (Å²) < 4.78 is 5.70. The normalized spacial score (nSPS) is 11.8. The van der Waals surface area contributed by atoms with Crippen molar-refractivity contribution >= 4 is 11.7 Å². The summed E-state index contributed by atoms with van der Waals surface area (Å²) in [5, 5.41) is 9.96. The molecule has 1 aromatic carbocycles. The summed E-state index contributed by atoms with van der Waals surface area (Å²) in [6.45, 7) is 4.62. The van der Waals surface area contributed by atoms with Crippen LogP contribution in [0.25, 0.3) is 0 Å². The lowest BCUT2D eigenvalue weighted by Crippen LogP contribution is -2.41. The summed E-state index contributed by atoms with van der Waals surface area (Å²) in [6, 6.07) is 6.58. The van der Waals surface area contributed by atoms with E-state index in [1.807, 2.05) is 0 Å². The molecule has 0 saturated heterocycles. The van der Waals surface area contributed by atoms with Crippen molar-refractivity contribution in [3.05, 3.63) is 29.8 Å². The van der Waals surface area contributed by atoms with E-state index in [1.54, 1.807) is 31.2 Å². The molecule has 0 heterocycles. The third-order valence-corrected chi connectivity index (χ3v) is 3.95. The zero-order valence-corrected chi connectivity index (χ0v) is 14.9. The molecule has 0 aliphatic heterocycles. The Morgan fingerprint density at radius 3 is 2.29 bits per heavy atom. The first-order valence-electron chi connectivity index (χ1n) is 8.92. The van der Waals surface area contributed by atoms with Crippen LogP contribution in [0.2, 0.25) is 0 Å². The number of nitrogens with one attached hydrogen (secondary N) is 2. The highest BCUT2D eigenvalue weighted by Gasteiger charge is 2.11. The van der Waals surface area contributed by atoms with E-state index in [0.717, 1.165) is 12.2 Å². The molecule has 0 saturated carbocycles. The van der Waals surface area contributed by atoms with Gasteiger partial charge in [0.25, 0.3) is 5.91 Å². The van der Waals surface area contributed by atoms with Gasteiger partial charge in [0.1, 0.15) is 11.6 Å². The molecule has 1 rings (SSSR count). The van der Waals surface area contributed by atoms with Crippen molar-refractivity contribution in [2.75, 3.05) is 6.61 Å². The number of carbonyl (C=O) groups is 1. The largest absolute Gasteiger partial charge is 0.494 e. The zero-order chi connectivity index (χ0) is 17.8. The van der Waals surface area contributed by atoms with E-state index in [9.17, 15) is 4.79 Å². The molecule has 4 N–H and O–H groups in total. The van der Waals surface area contributed by atoms with Gasteiger partial charge in [0.2, 0.25) is 0 Å². The molecular weight excluding hydrogens is 302 g/mol. The average molecular weight is 333 g/mol. The molecule has 0 radical (unpaired) electrons. The second kappa shape index (κ2) is 11.5. The summed E-state index contributed by atoms with van der Waals surface area (Å²) in [5.41, 5.74) is 5.88. The molecule has 0 aliphatic rings. The van der Waals surface area contributed by atoms with Crippen LogP contribution in [0.1, 0.15) is 69.2 Å². The van der Waals surface area contributed by atoms with Crippen LogP contribution >= 0.6 is 0 Å². The highest BCUT2D eigenvalue weighted by atomic mass is 16.5. The standard InChI is InChI=1S/C19H31N3O2/c1-3-4-5-6-7-8-9-14-24-17-12-10-16(11-13-17)19(23)22-15(2)18(20)21/h10-13,15H,3-9,14H2,1-2H3,(H3,20,21)(H,22,23)/t15-/m1/s1. The van der Waals surface area contributed by atoms with Crippen LogP contribution in [0.5, 0.6) is 5.75 Å². The van der Waals surface area contributed by atoms with E-state index < -0.39 is 6.04 Å². The fourth-order valence-corrected chi connectivity index (χ4v) is 2.31. The molecule has 0 spiro atoms. The molecule has 0 unspecified atom stereocenters. The smallest absolute Gasteiger partial charge is 0.251 e. The van der Waals surface area contributed by atoms with Crippen LogP contribution in [0.4, 0.5) is 0 Å². The molecule has 5 nitrogen and oxygen atoms in total. The molecule has 1 amide bonds. The fraction of sp³-hybridized carbons (Fsp3) is 0.579. The van der Waals surface area contributed by atoms with Crippen molar-refractivity contribution in [3.63, 3.8) is 0 Å². The van der Waals surface area contributed by atoms with Crippen molar-refractivity contribution < 1.29 is 9.53 Å². The summed E-state index contributed by atoms with van der Waals surface area (Å²) in [5.74, 6) is 0.478. The van der Waals surface area contributed by atoms with Gasteiger partial charge in [-0.25, -0.2) is 0 Å². The van der Waals surface area contributed by atoms with Crippen molar-refractivity contribution in [1.82, 2.24) is 5.32 Å². The number of ether oxygens (including phenoxy) is 1. The van der Waals surface area contributed by atoms with Crippen LogP contribution in [-0.2, 0) is 0 Å². The van der Waals surface area contributed by atoms with Crippen molar-refractivity contribution in [2.45, 2.75) is 64.8 Å². The van der Waals surface area contributed by atoms with Gasteiger partial charge >= 0.3 is 0 Å². The summed E-state index contributed by atoms with van der Waals surface area (Å²) in [4.78, 5) is 12.0. The Hall–Kier alpha value is -2.04. The van der Waals surface area contributed by atoms with Crippen molar-refractivity contribution in [1.29, 1.82) is 5.41 Å². The van der Waals surface area contributed by atoms with Gasteiger partial charge in [0.15, 0.2) is 0 Å². The summed E-state index contributed by atoms with van der Waals surface area (Å²) in [7, 11) is 0. The first kappa shape index (κ1) is 20.0. The van der Waals surface area contributed by atoms with E-state index in [1.165, 1.54) is 38.5 Å². The maximum atomic E-state index is 12.0. The number of unbranched alkanes of at least 4 members (excludes halogenated alkanes) is 6. The number of amides is 1. The van der Waals surface area contributed by atoms with E-state index >= 15 is 0 Å². The predicted molar refractivity (Wildman–Crippen MR) is 98.8 cm³/mol. The molecule has 24 heavy (non-hydrogen) atoms. The van der Waals surface area contributed by atoms with Crippen LogP contribution in [0.3, 0.4) is 0 Å². The quantitative estimate of drug-likeness (QED) is 0.308. The Labute approximate surface area is 145 Å². The lowest BCUT2D eigenvalue weighted by atomic mass is 10.1. The molecular formula is C19H31N3O2. The highest BCUT2D eigenvalue weighted by Crippen LogP contribution is 2.13. The second-order valence-corrected chi connectivity index (χ2v) is 6.14. The number of rotatable bonds is 12. The third-order valence-electron chi connectivity index (χ3n) is 3.95. The monoisotopic (exact) mass is 333 g/mol. The molecule has 5 heteroatoms. The van der Waals surface area contributed by atoms with E-state index in [0.29, 0.717) is 12.2 Å². The Morgan fingerprint density at radius 2 is 1.71 bits per heavy atom. The van der Waals surface area contributed by atoms with Gasteiger partial charge in [-0.05, 0) is 37.6 Å². The Kier molecular flexibility index (Phi) is 9.58. The number of amidine groups is 1. The van der Waals surface area contributed by atoms with Gasteiger partial charge in [-0.2, -0.15) is 0 Å². The first-order chi connectivity index (χ1) is 11.5. The maximum absolute atomic E-state index is 12.0. The van der Waals surface area contributed by atoms with Crippen LogP contribution in [0, 0.1) is 5.41 Å². The molecule has 0 aliphatic carbocycles. The maximum Gasteiger partial charge on any atom is 0.251 e. The minimum absolute atomic E-state index is 0.0574. The minimum atomic E-state index is -0.467. The van der Waals surface area contributed by atoms with Gasteiger partial charge in [-0.3, -0.25) is 10.2 Å². The number of hydrogen-bond acceptors (Lipinski definition) is 3. The van der Waals surface area contributed by atoms with Gasteiger partial charge in [-0.1, -0.05) is 45.4 Å². The fourth-order valence-electron chi connectivity index (χ4n) is 2.31. The second-order valence-electron chi connectivity index (χ2n) is 6.14. The van der Waals surface area contributed by atoms with Crippen LogP contribution < -0.4 is 15.8 Å². The third kappa shape index (κ3) is 7.99. The molecule has 1 atom stereocenters. The van der Waals surface area contributed by atoms with Crippen LogP contribution in [-0.4, -0.2) is 24.4 Å². The Morgan fingerprint density at radius 1 is 1.12 bits per heavy atom. The number of nitrogens with two attached hydrogens (primary N) is 1. The van der Waals surface area contributed by atoms with Gasteiger partial charge in [0, 0.05) is 5.56 Å². The van der Waals surface area contributed by atoms with Crippen molar-refractivity contribution in [3.8, 4) is 5.75 Å². The van der Waals surface area contributed by atoms with Gasteiger partial charge < -0.3 is 15.8 Å². The Bertz CT molecular complexity index is 500. The van der Waals surface area contributed by atoms with Gasteiger partial charge in [0.05, 0.1) is 12.6 Å². The lowest BCUT2D eigenvalue weighted by molar-refractivity contribution is 0.0949. The summed E-state index contributed by atoms with van der Waals surface area (Å²) >= 11 is 0. The summed E-state index contributed by atoms with van der Waals surface area (Å²) in [6.07, 6.45) is 8.81. The molecule has 0 bridgehead atoms. The highest BCUT2D eigenvalue weighted by molar-refractivity contribution is 5.97. The molecule has 0 fully saturated rings. The number of benzene rings is 1. The SMILES string of the molecule is CCCCCCCCCOc1ccc(C(=O)N[C@H](C)C(=N)N)cc1. The number of hydrogen-bond donors (Lipinski definition) is 3. The molecule has 0 aromatic heterocycles. The molecule has 134 valence electrons. The van der Waals surface area contributed by atoms with Crippen molar-refractivity contribution in [2.24, 2.45) is 5.73 Å². The van der Waals surface area contributed by atoms with E-state index in [-0.39, 0.29) is 11.7 Å². The predicted octanol–water partition coefficient (Wildman–Crippen LogP) is 3.87. The Balaban J connectivity index is 2.25. The first-order valence-corrected chi connectivity index (χ1v) is 8.92. The topological polar surface area (TPSA) is 88.2 Å². The number of carbonyl (C=O) groups excluding carboxylic acids is 1. The van der Waals surface area contributed by atoms with E-state index in [4.69, 9.17) is 15.9 Å². The zero-order valence-electron chi connectivity index (χ0n) is 14.9. The molecule has 1 aromatic rings. The average Bonchev–Trinajstić information content (AvgIpc) is 2.57. The minimum Gasteiger partial charge on any atom is -0.494 e. The van der Waals surface area contributed by atoms with Gasteiger partial charge in [-0.15, -0.1) is 0 Å². The lowest BCUT2D eigenvalue weighted by Gasteiger charge is -2.12. The van der Waals surface area contributed by atoms with Crippen LogP contribution in [0.15, 0.2) is 24.3 Å².